The number of anilines is 3. The maximum atomic E-state index is 13.0. The standard InChI is InChI=1S/C39H42ClN7O2/c1-4-31-25-45(17-18-46(31)32-13-15-44(16-14-32)23-29-9-5-27(20-41)6-10-29)39-34(40)19-33(22-43-39)47(24-30-11-7-28(21-42)8-12-30)36-35(26(2)3)37(48)38(36)49/h5-12,19,22,26,31-32H,4,13-18,23-25H2,1-3H3. The number of nitriles is 2. The van der Waals surface area contributed by atoms with Crippen molar-refractivity contribution in [3.63, 3.8) is 0 Å². The largest absolute Gasteiger partial charge is 0.353 e. The van der Waals surface area contributed by atoms with Crippen LogP contribution in [0.4, 0.5) is 17.2 Å². The maximum Gasteiger partial charge on any atom is 0.250 e. The van der Waals surface area contributed by atoms with E-state index in [2.05, 4.69) is 45.9 Å². The van der Waals surface area contributed by atoms with Crippen LogP contribution in [0.25, 0.3) is 0 Å². The third-order valence-corrected chi connectivity index (χ3v) is 10.4. The Morgan fingerprint density at radius 2 is 1.55 bits per heavy atom. The molecule has 6 rings (SSSR count). The van der Waals surface area contributed by atoms with Crippen LogP contribution in [0, 0.1) is 22.7 Å². The lowest BCUT2D eigenvalue weighted by Crippen LogP contribution is -2.58. The fourth-order valence-corrected chi connectivity index (χ4v) is 7.71. The fraction of sp³-hybridized carbons (Fsp3) is 0.410. The molecule has 3 aromatic carbocycles. The number of likely N-dealkylation sites (tertiary alicyclic amines) is 1. The van der Waals surface area contributed by atoms with Gasteiger partial charge in [0.1, 0.15) is 11.5 Å². The predicted octanol–water partition coefficient (Wildman–Crippen LogP) is 6.10. The molecule has 4 aromatic rings. The van der Waals surface area contributed by atoms with Crippen molar-refractivity contribution in [1.29, 1.82) is 10.5 Å². The third-order valence-electron chi connectivity index (χ3n) is 10.1. The molecule has 10 heteroatoms. The van der Waals surface area contributed by atoms with E-state index in [0.717, 1.165) is 69.9 Å². The molecular weight excluding hydrogens is 634 g/mol. The third kappa shape index (κ3) is 7.26. The van der Waals surface area contributed by atoms with Crippen LogP contribution in [0.5, 0.6) is 0 Å². The summed E-state index contributed by atoms with van der Waals surface area (Å²) in [4.78, 5) is 39.7. The van der Waals surface area contributed by atoms with E-state index in [1.54, 1.807) is 18.3 Å². The monoisotopic (exact) mass is 675 g/mol. The highest BCUT2D eigenvalue weighted by Crippen LogP contribution is 2.36. The summed E-state index contributed by atoms with van der Waals surface area (Å²) in [6.07, 6.45) is 5.04. The summed E-state index contributed by atoms with van der Waals surface area (Å²) in [6.45, 7) is 12.0. The van der Waals surface area contributed by atoms with Gasteiger partial charge >= 0.3 is 0 Å². The molecule has 49 heavy (non-hydrogen) atoms. The van der Waals surface area contributed by atoms with E-state index in [1.165, 1.54) is 5.56 Å². The Kier molecular flexibility index (Phi) is 10.5. The maximum absolute atomic E-state index is 13.0. The molecule has 0 aliphatic carbocycles. The number of aromatic nitrogens is 1. The molecule has 0 radical (unpaired) electrons. The zero-order valence-corrected chi connectivity index (χ0v) is 29.2. The van der Waals surface area contributed by atoms with Gasteiger partial charge in [0.15, 0.2) is 0 Å². The molecule has 1 atom stereocenters. The van der Waals surface area contributed by atoms with Crippen LogP contribution in [-0.2, 0) is 13.1 Å². The van der Waals surface area contributed by atoms with Crippen molar-refractivity contribution in [2.45, 2.75) is 71.1 Å². The second kappa shape index (κ2) is 14.9. The number of rotatable bonds is 10. The molecule has 0 spiro atoms. The fourth-order valence-electron chi connectivity index (χ4n) is 7.43. The minimum Gasteiger partial charge on any atom is -0.353 e. The SMILES string of the molecule is CCC1CN(c2ncc(N(Cc3ccc(C#N)cc3)c3c(C(C)C)c(=O)c3=O)cc2Cl)CCN1C1CCN(Cc2ccc(C#N)cc2)CC1. The Balaban J connectivity index is 1.15. The lowest BCUT2D eigenvalue weighted by Gasteiger charge is -2.48. The van der Waals surface area contributed by atoms with Gasteiger partial charge in [-0.15, -0.1) is 0 Å². The van der Waals surface area contributed by atoms with Crippen molar-refractivity contribution in [3.05, 3.63) is 114 Å². The molecule has 9 nitrogen and oxygen atoms in total. The molecule has 2 fully saturated rings. The average molecular weight is 676 g/mol. The van der Waals surface area contributed by atoms with E-state index >= 15 is 0 Å². The first-order valence-corrected chi connectivity index (χ1v) is 17.6. The van der Waals surface area contributed by atoms with Crippen LogP contribution < -0.4 is 20.7 Å². The smallest absolute Gasteiger partial charge is 0.250 e. The van der Waals surface area contributed by atoms with Gasteiger partial charge in [-0.05, 0) is 79.7 Å². The van der Waals surface area contributed by atoms with Gasteiger partial charge in [0, 0.05) is 50.4 Å². The zero-order valence-electron chi connectivity index (χ0n) is 28.4. The van der Waals surface area contributed by atoms with Gasteiger partial charge in [0.2, 0.25) is 10.9 Å². The highest BCUT2D eigenvalue weighted by atomic mass is 35.5. The summed E-state index contributed by atoms with van der Waals surface area (Å²) in [5.74, 6) is 0.622. The first-order valence-electron chi connectivity index (χ1n) is 17.2. The normalized spacial score (nSPS) is 17.7. The van der Waals surface area contributed by atoms with Crippen LogP contribution in [0.1, 0.15) is 73.8 Å². The highest BCUT2D eigenvalue weighted by molar-refractivity contribution is 6.33. The molecule has 2 aliphatic heterocycles. The van der Waals surface area contributed by atoms with Crippen LogP contribution in [0.2, 0.25) is 5.02 Å². The van der Waals surface area contributed by atoms with Crippen molar-refractivity contribution in [1.82, 2.24) is 14.8 Å². The number of hydrogen-bond donors (Lipinski definition) is 0. The molecule has 1 unspecified atom stereocenters. The zero-order chi connectivity index (χ0) is 34.7. The second-order valence-electron chi connectivity index (χ2n) is 13.5. The quantitative estimate of drug-likeness (QED) is 0.184. The number of pyridine rings is 1. The molecule has 2 saturated heterocycles. The lowest BCUT2D eigenvalue weighted by atomic mass is 9.94. The highest BCUT2D eigenvalue weighted by Gasteiger charge is 2.35. The molecule has 2 aliphatic rings. The first kappa shape index (κ1) is 34.3. The van der Waals surface area contributed by atoms with Crippen molar-refractivity contribution >= 4 is 28.8 Å². The number of halogens is 1. The average Bonchev–Trinajstić information content (AvgIpc) is 3.13. The summed E-state index contributed by atoms with van der Waals surface area (Å²) < 4.78 is 0. The van der Waals surface area contributed by atoms with Gasteiger partial charge in [-0.1, -0.05) is 56.6 Å². The number of piperazine rings is 1. The second-order valence-corrected chi connectivity index (χ2v) is 13.9. The molecule has 0 N–H and O–H groups in total. The van der Waals surface area contributed by atoms with Crippen LogP contribution >= 0.6 is 11.6 Å². The van der Waals surface area contributed by atoms with Crippen LogP contribution in [0.3, 0.4) is 0 Å². The Hall–Kier alpha value is -4.54. The molecule has 3 heterocycles. The van der Waals surface area contributed by atoms with E-state index in [1.807, 2.05) is 49.1 Å². The Bertz CT molecular complexity index is 1930. The topological polar surface area (TPSA) is 108 Å². The molecule has 0 amide bonds. The Labute approximate surface area is 293 Å². The van der Waals surface area contributed by atoms with E-state index in [0.29, 0.717) is 51.7 Å². The number of nitrogens with zero attached hydrogens (tertiary/aromatic N) is 7. The van der Waals surface area contributed by atoms with Gasteiger partial charge in [-0.2, -0.15) is 10.5 Å². The summed E-state index contributed by atoms with van der Waals surface area (Å²) in [5.41, 5.74) is 3.99. The summed E-state index contributed by atoms with van der Waals surface area (Å²) >= 11 is 6.98. The summed E-state index contributed by atoms with van der Waals surface area (Å²) in [6, 6.07) is 22.2. The lowest BCUT2D eigenvalue weighted by molar-refractivity contribution is 0.0610. The molecule has 0 bridgehead atoms. The van der Waals surface area contributed by atoms with Gasteiger partial charge in [-0.3, -0.25) is 19.4 Å². The van der Waals surface area contributed by atoms with Gasteiger partial charge in [0.05, 0.1) is 40.2 Å². The number of piperidine rings is 1. The number of hydrogen-bond acceptors (Lipinski definition) is 9. The number of benzene rings is 2. The van der Waals surface area contributed by atoms with Crippen molar-refractivity contribution < 1.29 is 0 Å². The summed E-state index contributed by atoms with van der Waals surface area (Å²) in [5, 5.41) is 18.8. The Morgan fingerprint density at radius 3 is 2.12 bits per heavy atom. The predicted molar refractivity (Wildman–Crippen MR) is 194 cm³/mol. The van der Waals surface area contributed by atoms with Crippen LogP contribution in [0.15, 0.2) is 70.4 Å². The van der Waals surface area contributed by atoms with Gasteiger partial charge in [-0.25, -0.2) is 4.98 Å². The minimum atomic E-state index is -0.500. The molecule has 252 valence electrons. The molecule has 1 aromatic heterocycles. The summed E-state index contributed by atoms with van der Waals surface area (Å²) in [7, 11) is 0. The van der Waals surface area contributed by atoms with E-state index in [4.69, 9.17) is 21.8 Å². The van der Waals surface area contributed by atoms with Crippen molar-refractivity contribution in [2.75, 3.05) is 42.5 Å². The van der Waals surface area contributed by atoms with Crippen LogP contribution in [-0.4, -0.2) is 59.6 Å². The van der Waals surface area contributed by atoms with E-state index in [9.17, 15) is 14.9 Å². The van der Waals surface area contributed by atoms with Gasteiger partial charge < -0.3 is 9.80 Å². The Morgan fingerprint density at radius 1 is 0.918 bits per heavy atom. The first-order chi connectivity index (χ1) is 23.7. The van der Waals surface area contributed by atoms with E-state index < -0.39 is 10.9 Å². The van der Waals surface area contributed by atoms with E-state index in [-0.39, 0.29) is 5.92 Å². The molecule has 0 saturated carbocycles. The minimum absolute atomic E-state index is 0.108. The van der Waals surface area contributed by atoms with Gasteiger partial charge in [0.25, 0.3) is 0 Å². The van der Waals surface area contributed by atoms with Crippen molar-refractivity contribution in [2.24, 2.45) is 0 Å². The molecular formula is C39H42ClN7O2. The van der Waals surface area contributed by atoms with Crippen molar-refractivity contribution in [3.8, 4) is 12.1 Å².